The van der Waals surface area contributed by atoms with Crippen LogP contribution in [-0.4, -0.2) is 41.7 Å². The Hall–Kier alpha value is -1.26. The number of rotatable bonds is 5. The molecule has 1 aromatic carbocycles. The molecule has 1 aliphatic rings. The molecule has 1 aromatic rings. The average molecular weight is 298 g/mol. The second-order valence-electron chi connectivity index (χ2n) is 5.24. The number of ether oxygens (including phenoxy) is 1. The number of aryl methyl sites for hydroxylation is 1. The van der Waals surface area contributed by atoms with E-state index >= 15 is 0 Å². The van der Waals surface area contributed by atoms with E-state index in [0.29, 0.717) is 11.6 Å². The maximum Gasteiger partial charge on any atom is 0.304 e. The molecule has 1 N–H and O–H groups in total. The first-order valence-corrected chi connectivity index (χ1v) is 7.29. The number of piperidine rings is 1. The lowest BCUT2D eigenvalue weighted by Gasteiger charge is -2.32. The minimum Gasteiger partial charge on any atom is -0.489 e. The van der Waals surface area contributed by atoms with Gasteiger partial charge in [-0.15, -0.1) is 0 Å². The molecule has 20 heavy (non-hydrogen) atoms. The first-order chi connectivity index (χ1) is 9.54. The molecule has 1 aliphatic heterocycles. The van der Waals surface area contributed by atoms with Crippen LogP contribution >= 0.6 is 11.6 Å². The summed E-state index contributed by atoms with van der Waals surface area (Å²) in [5, 5.41) is 9.45. The van der Waals surface area contributed by atoms with E-state index < -0.39 is 5.97 Å². The lowest BCUT2D eigenvalue weighted by Crippen LogP contribution is -2.42. The van der Waals surface area contributed by atoms with E-state index in [1.807, 2.05) is 25.1 Å². The zero-order chi connectivity index (χ0) is 14.5. The highest BCUT2D eigenvalue weighted by atomic mass is 35.5. The van der Waals surface area contributed by atoms with E-state index in [2.05, 4.69) is 4.90 Å². The predicted octanol–water partition coefficient (Wildman–Crippen LogP) is 2.97. The van der Waals surface area contributed by atoms with Crippen molar-refractivity contribution in [3.63, 3.8) is 0 Å². The molecule has 1 atom stereocenters. The standard InChI is InChI=1S/C15H20ClNO3/c1-11-9-12(16)4-5-14(11)20-13-3-2-7-17(10-13)8-6-15(18)19/h4-5,9,13H,2-3,6-8,10H2,1H3,(H,18,19). The highest BCUT2D eigenvalue weighted by Gasteiger charge is 2.22. The molecule has 0 aliphatic carbocycles. The zero-order valence-electron chi connectivity index (χ0n) is 11.6. The number of carbonyl (C=O) groups is 1. The number of nitrogens with zero attached hydrogens (tertiary/aromatic N) is 1. The van der Waals surface area contributed by atoms with Gasteiger partial charge in [-0.3, -0.25) is 9.69 Å². The SMILES string of the molecule is Cc1cc(Cl)ccc1OC1CCCN(CCC(=O)O)C1. The fourth-order valence-corrected chi connectivity index (χ4v) is 2.72. The molecule has 5 heteroatoms. The second-order valence-corrected chi connectivity index (χ2v) is 5.67. The molecule has 0 amide bonds. The van der Waals surface area contributed by atoms with Crippen molar-refractivity contribution in [1.29, 1.82) is 0 Å². The maximum absolute atomic E-state index is 10.6. The van der Waals surface area contributed by atoms with Crippen molar-refractivity contribution >= 4 is 17.6 Å². The lowest BCUT2D eigenvalue weighted by molar-refractivity contribution is -0.137. The summed E-state index contributed by atoms with van der Waals surface area (Å²) < 4.78 is 6.03. The summed E-state index contributed by atoms with van der Waals surface area (Å²) in [6, 6.07) is 5.62. The van der Waals surface area contributed by atoms with E-state index in [4.69, 9.17) is 21.4 Å². The van der Waals surface area contributed by atoms with Crippen LogP contribution in [0.3, 0.4) is 0 Å². The third-order valence-electron chi connectivity index (χ3n) is 3.53. The third-order valence-corrected chi connectivity index (χ3v) is 3.77. The molecule has 0 aromatic heterocycles. The summed E-state index contributed by atoms with van der Waals surface area (Å²) in [4.78, 5) is 12.8. The van der Waals surface area contributed by atoms with E-state index in [1.165, 1.54) is 0 Å². The van der Waals surface area contributed by atoms with Crippen LogP contribution in [0.4, 0.5) is 0 Å². The van der Waals surface area contributed by atoms with Gasteiger partial charge in [-0.2, -0.15) is 0 Å². The summed E-state index contributed by atoms with van der Waals surface area (Å²) in [5.74, 6) is 0.112. The molecule has 0 spiro atoms. The topological polar surface area (TPSA) is 49.8 Å². The number of carboxylic acids is 1. The summed E-state index contributed by atoms with van der Waals surface area (Å²) in [7, 11) is 0. The van der Waals surface area contributed by atoms with Crippen molar-refractivity contribution in [2.24, 2.45) is 0 Å². The summed E-state index contributed by atoms with van der Waals surface area (Å²) >= 11 is 5.93. The Kier molecular flexibility index (Phi) is 5.26. The van der Waals surface area contributed by atoms with Gasteiger partial charge in [0.2, 0.25) is 0 Å². The van der Waals surface area contributed by atoms with Gasteiger partial charge in [0.1, 0.15) is 11.9 Å². The fourth-order valence-electron chi connectivity index (χ4n) is 2.49. The molecule has 110 valence electrons. The Bertz CT molecular complexity index is 478. The van der Waals surface area contributed by atoms with Crippen molar-refractivity contribution in [3.8, 4) is 5.75 Å². The van der Waals surface area contributed by atoms with Gasteiger partial charge in [-0.1, -0.05) is 11.6 Å². The fraction of sp³-hybridized carbons (Fsp3) is 0.533. The number of hydrogen-bond acceptors (Lipinski definition) is 3. The smallest absolute Gasteiger partial charge is 0.304 e. The van der Waals surface area contributed by atoms with Crippen molar-refractivity contribution in [3.05, 3.63) is 28.8 Å². The number of benzene rings is 1. The molecule has 1 fully saturated rings. The van der Waals surface area contributed by atoms with Crippen LogP contribution in [0.25, 0.3) is 0 Å². The molecule has 0 bridgehead atoms. The number of carboxylic acid groups (broad SMARTS) is 1. The highest BCUT2D eigenvalue weighted by molar-refractivity contribution is 6.30. The molecule has 1 saturated heterocycles. The summed E-state index contributed by atoms with van der Waals surface area (Å²) in [5.41, 5.74) is 1.03. The van der Waals surface area contributed by atoms with Gasteiger partial charge in [0.25, 0.3) is 0 Å². The molecular weight excluding hydrogens is 278 g/mol. The average Bonchev–Trinajstić information content (AvgIpc) is 2.40. The summed E-state index contributed by atoms with van der Waals surface area (Å²) in [6.45, 7) is 4.31. The van der Waals surface area contributed by atoms with Crippen molar-refractivity contribution < 1.29 is 14.6 Å². The minimum absolute atomic E-state index is 0.123. The molecule has 1 unspecified atom stereocenters. The van der Waals surface area contributed by atoms with E-state index in [9.17, 15) is 4.79 Å². The highest BCUT2D eigenvalue weighted by Crippen LogP contribution is 2.25. The molecule has 1 heterocycles. The zero-order valence-corrected chi connectivity index (χ0v) is 12.4. The van der Waals surface area contributed by atoms with Gasteiger partial charge >= 0.3 is 5.97 Å². The maximum atomic E-state index is 10.6. The Morgan fingerprint density at radius 1 is 1.55 bits per heavy atom. The third kappa shape index (κ3) is 4.39. The van der Waals surface area contributed by atoms with Crippen LogP contribution in [0.2, 0.25) is 5.02 Å². The van der Waals surface area contributed by atoms with Crippen molar-refractivity contribution in [2.45, 2.75) is 32.3 Å². The quantitative estimate of drug-likeness (QED) is 0.908. The molecule has 4 nitrogen and oxygen atoms in total. The first-order valence-electron chi connectivity index (χ1n) is 6.91. The Balaban J connectivity index is 1.90. The molecule has 0 saturated carbocycles. The first kappa shape index (κ1) is 15.1. The van der Waals surface area contributed by atoms with E-state index in [0.717, 1.165) is 37.2 Å². The van der Waals surface area contributed by atoms with Gasteiger partial charge in [0, 0.05) is 18.1 Å². The van der Waals surface area contributed by atoms with E-state index in [-0.39, 0.29) is 12.5 Å². The van der Waals surface area contributed by atoms with Crippen LogP contribution in [0.15, 0.2) is 18.2 Å². The lowest BCUT2D eigenvalue weighted by atomic mass is 10.1. The van der Waals surface area contributed by atoms with Gasteiger partial charge in [0.05, 0.1) is 6.42 Å². The monoisotopic (exact) mass is 297 g/mol. The number of halogens is 1. The normalized spacial score (nSPS) is 19.8. The Morgan fingerprint density at radius 3 is 3.05 bits per heavy atom. The molecular formula is C15H20ClNO3. The van der Waals surface area contributed by atoms with Gasteiger partial charge < -0.3 is 9.84 Å². The number of likely N-dealkylation sites (tertiary alicyclic amines) is 1. The van der Waals surface area contributed by atoms with E-state index in [1.54, 1.807) is 0 Å². The minimum atomic E-state index is -0.749. The van der Waals surface area contributed by atoms with Crippen LogP contribution in [0.1, 0.15) is 24.8 Å². The van der Waals surface area contributed by atoms with Crippen LogP contribution < -0.4 is 4.74 Å². The van der Waals surface area contributed by atoms with Gasteiger partial charge in [0.15, 0.2) is 0 Å². The van der Waals surface area contributed by atoms with Crippen molar-refractivity contribution in [2.75, 3.05) is 19.6 Å². The van der Waals surface area contributed by atoms with Gasteiger partial charge in [-0.25, -0.2) is 0 Å². The largest absolute Gasteiger partial charge is 0.489 e. The summed E-state index contributed by atoms with van der Waals surface area (Å²) in [6.07, 6.45) is 2.35. The number of aliphatic carboxylic acids is 1. The number of hydrogen-bond donors (Lipinski definition) is 1. The molecule has 2 rings (SSSR count). The van der Waals surface area contributed by atoms with Crippen LogP contribution in [-0.2, 0) is 4.79 Å². The van der Waals surface area contributed by atoms with Crippen molar-refractivity contribution in [1.82, 2.24) is 4.90 Å². The van der Waals surface area contributed by atoms with Crippen LogP contribution in [0.5, 0.6) is 5.75 Å². The Labute approximate surface area is 124 Å². The Morgan fingerprint density at radius 2 is 2.35 bits per heavy atom. The van der Waals surface area contributed by atoms with Gasteiger partial charge in [-0.05, 0) is 50.1 Å². The molecule has 0 radical (unpaired) electrons. The second kappa shape index (κ2) is 6.95. The predicted molar refractivity (Wildman–Crippen MR) is 78.5 cm³/mol. The van der Waals surface area contributed by atoms with Crippen LogP contribution in [0, 0.1) is 6.92 Å².